The third kappa shape index (κ3) is 3.82. The van der Waals surface area contributed by atoms with Gasteiger partial charge < -0.3 is 10.1 Å². The van der Waals surface area contributed by atoms with Gasteiger partial charge >= 0.3 is 0 Å². The van der Waals surface area contributed by atoms with E-state index >= 15 is 0 Å². The Morgan fingerprint density at radius 2 is 2.50 bits per heavy atom. The largest absolute Gasteiger partial charge is 0.378 e. The lowest BCUT2D eigenvalue weighted by Crippen LogP contribution is -2.18. The van der Waals surface area contributed by atoms with E-state index in [-0.39, 0.29) is 0 Å². The standard InChI is InChI=1S/C14H25N3O/c1-3-7-15-12(2)13-10-16-17(11-13)8-6-14-5-4-9-18-14/h10-12,14-15H,3-9H2,1-2H3. The summed E-state index contributed by atoms with van der Waals surface area (Å²) in [4.78, 5) is 0. The molecule has 2 rings (SSSR count). The van der Waals surface area contributed by atoms with Gasteiger partial charge in [-0.1, -0.05) is 6.92 Å². The third-order valence-electron chi connectivity index (χ3n) is 3.56. The molecule has 0 bridgehead atoms. The van der Waals surface area contributed by atoms with Crippen LogP contribution < -0.4 is 5.32 Å². The van der Waals surface area contributed by atoms with Crippen molar-refractivity contribution in [2.24, 2.45) is 0 Å². The minimum absolute atomic E-state index is 0.390. The molecule has 18 heavy (non-hydrogen) atoms. The SMILES string of the molecule is CCCNC(C)c1cnn(CCC2CCCO2)c1. The fraction of sp³-hybridized carbons (Fsp3) is 0.786. The fourth-order valence-electron chi connectivity index (χ4n) is 2.35. The zero-order valence-electron chi connectivity index (χ0n) is 11.6. The smallest absolute Gasteiger partial charge is 0.0593 e. The zero-order valence-corrected chi connectivity index (χ0v) is 11.6. The summed E-state index contributed by atoms with van der Waals surface area (Å²) in [5, 5.41) is 7.91. The average molecular weight is 251 g/mol. The van der Waals surface area contributed by atoms with Gasteiger partial charge in [-0.05, 0) is 39.2 Å². The Bertz CT molecular complexity index is 345. The molecule has 2 heterocycles. The van der Waals surface area contributed by atoms with Gasteiger partial charge in [0.2, 0.25) is 0 Å². The van der Waals surface area contributed by atoms with Gasteiger partial charge in [0.25, 0.3) is 0 Å². The van der Waals surface area contributed by atoms with Crippen LogP contribution in [0.3, 0.4) is 0 Å². The van der Waals surface area contributed by atoms with Crippen LogP contribution in [0.25, 0.3) is 0 Å². The van der Waals surface area contributed by atoms with Crippen molar-refractivity contribution in [1.82, 2.24) is 15.1 Å². The van der Waals surface area contributed by atoms with Gasteiger partial charge in [-0.25, -0.2) is 0 Å². The third-order valence-corrected chi connectivity index (χ3v) is 3.56. The van der Waals surface area contributed by atoms with Crippen LogP contribution in [0.4, 0.5) is 0 Å². The first kappa shape index (κ1) is 13.6. The minimum Gasteiger partial charge on any atom is -0.378 e. The van der Waals surface area contributed by atoms with E-state index < -0.39 is 0 Å². The second kappa shape index (κ2) is 6.90. The van der Waals surface area contributed by atoms with E-state index in [4.69, 9.17) is 4.74 Å². The maximum absolute atomic E-state index is 5.63. The summed E-state index contributed by atoms with van der Waals surface area (Å²) in [5.74, 6) is 0. The van der Waals surface area contributed by atoms with Crippen molar-refractivity contribution < 1.29 is 4.74 Å². The van der Waals surface area contributed by atoms with Crippen LogP contribution in [0.1, 0.15) is 51.1 Å². The van der Waals surface area contributed by atoms with E-state index in [0.717, 1.165) is 32.5 Å². The summed E-state index contributed by atoms with van der Waals surface area (Å²) >= 11 is 0. The Morgan fingerprint density at radius 1 is 1.61 bits per heavy atom. The monoisotopic (exact) mass is 251 g/mol. The molecule has 1 aliphatic heterocycles. The Hall–Kier alpha value is -0.870. The molecule has 4 heteroatoms. The molecular weight excluding hydrogens is 226 g/mol. The lowest BCUT2D eigenvalue weighted by molar-refractivity contribution is 0.0994. The lowest BCUT2D eigenvalue weighted by atomic mass is 10.2. The molecule has 0 amide bonds. The lowest BCUT2D eigenvalue weighted by Gasteiger charge is -2.11. The van der Waals surface area contributed by atoms with Crippen molar-refractivity contribution in [2.45, 2.75) is 58.2 Å². The minimum atomic E-state index is 0.390. The number of hydrogen-bond acceptors (Lipinski definition) is 3. The zero-order chi connectivity index (χ0) is 12.8. The number of hydrogen-bond donors (Lipinski definition) is 1. The van der Waals surface area contributed by atoms with Crippen molar-refractivity contribution >= 4 is 0 Å². The second-order valence-electron chi connectivity index (χ2n) is 5.14. The van der Waals surface area contributed by atoms with Crippen LogP contribution in [-0.4, -0.2) is 29.0 Å². The van der Waals surface area contributed by atoms with Crippen LogP contribution in [0.15, 0.2) is 12.4 Å². The highest BCUT2D eigenvalue weighted by Crippen LogP contribution is 2.16. The van der Waals surface area contributed by atoms with Crippen molar-refractivity contribution in [3.63, 3.8) is 0 Å². The normalized spacial score (nSPS) is 21.3. The van der Waals surface area contributed by atoms with E-state index in [0.29, 0.717) is 12.1 Å². The molecule has 1 N–H and O–H groups in total. The molecule has 0 radical (unpaired) electrons. The molecule has 0 aliphatic carbocycles. The van der Waals surface area contributed by atoms with Crippen molar-refractivity contribution in [3.8, 4) is 0 Å². The molecular formula is C14H25N3O. The summed E-state index contributed by atoms with van der Waals surface area (Å²) in [6.07, 6.45) is 9.25. The van der Waals surface area contributed by atoms with Crippen molar-refractivity contribution in [2.75, 3.05) is 13.2 Å². The number of nitrogens with zero attached hydrogens (tertiary/aromatic N) is 2. The summed E-state index contributed by atoms with van der Waals surface area (Å²) in [6, 6.07) is 0.390. The van der Waals surface area contributed by atoms with E-state index in [2.05, 4.69) is 30.5 Å². The van der Waals surface area contributed by atoms with Crippen molar-refractivity contribution in [3.05, 3.63) is 18.0 Å². The number of rotatable bonds is 7. The average Bonchev–Trinajstić information content (AvgIpc) is 3.04. The number of aromatic nitrogens is 2. The topological polar surface area (TPSA) is 39.1 Å². The molecule has 0 saturated carbocycles. The highest BCUT2D eigenvalue weighted by molar-refractivity contribution is 5.09. The maximum atomic E-state index is 5.63. The molecule has 2 atom stereocenters. The van der Waals surface area contributed by atoms with Gasteiger partial charge in [0, 0.05) is 31.0 Å². The van der Waals surface area contributed by atoms with E-state index in [1.165, 1.54) is 18.4 Å². The Morgan fingerprint density at radius 3 is 3.22 bits per heavy atom. The van der Waals surface area contributed by atoms with Gasteiger partial charge in [0.1, 0.15) is 0 Å². The first-order valence-electron chi connectivity index (χ1n) is 7.17. The molecule has 1 aromatic rings. The summed E-state index contributed by atoms with van der Waals surface area (Å²) in [6.45, 7) is 7.34. The van der Waals surface area contributed by atoms with Gasteiger partial charge in [-0.2, -0.15) is 5.10 Å². The fourth-order valence-corrected chi connectivity index (χ4v) is 2.35. The Kier molecular flexibility index (Phi) is 5.20. The van der Waals surface area contributed by atoms with Gasteiger partial charge in [0.05, 0.1) is 12.3 Å². The first-order valence-corrected chi connectivity index (χ1v) is 7.17. The molecule has 0 spiro atoms. The van der Waals surface area contributed by atoms with Crippen LogP contribution >= 0.6 is 0 Å². The van der Waals surface area contributed by atoms with Gasteiger partial charge in [-0.3, -0.25) is 4.68 Å². The van der Waals surface area contributed by atoms with Gasteiger partial charge in [0.15, 0.2) is 0 Å². The molecule has 1 fully saturated rings. The van der Waals surface area contributed by atoms with Crippen LogP contribution in [0.2, 0.25) is 0 Å². The molecule has 0 aromatic carbocycles. The highest BCUT2D eigenvalue weighted by atomic mass is 16.5. The number of aryl methyl sites for hydroxylation is 1. The first-order chi connectivity index (χ1) is 8.79. The molecule has 102 valence electrons. The highest BCUT2D eigenvalue weighted by Gasteiger charge is 2.15. The molecule has 4 nitrogen and oxygen atoms in total. The van der Waals surface area contributed by atoms with Crippen molar-refractivity contribution in [1.29, 1.82) is 0 Å². The van der Waals surface area contributed by atoms with Gasteiger partial charge in [-0.15, -0.1) is 0 Å². The molecule has 2 unspecified atom stereocenters. The molecule has 1 saturated heterocycles. The second-order valence-corrected chi connectivity index (χ2v) is 5.14. The Balaban J connectivity index is 1.77. The number of nitrogens with one attached hydrogen (secondary N) is 1. The summed E-state index contributed by atoms with van der Waals surface area (Å²) < 4.78 is 7.67. The Labute approximate surface area is 110 Å². The van der Waals surface area contributed by atoms with Crippen LogP contribution in [0.5, 0.6) is 0 Å². The maximum Gasteiger partial charge on any atom is 0.0593 e. The van der Waals surface area contributed by atoms with E-state index in [1.807, 2.05) is 10.9 Å². The molecule has 1 aliphatic rings. The van der Waals surface area contributed by atoms with E-state index in [9.17, 15) is 0 Å². The molecule has 1 aromatic heterocycles. The van der Waals surface area contributed by atoms with E-state index in [1.54, 1.807) is 0 Å². The predicted molar refractivity (Wildman–Crippen MR) is 72.5 cm³/mol. The summed E-state index contributed by atoms with van der Waals surface area (Å²) in [5.41, 5.74) is 1.27. The van der Waals surface area contributed by atoms with Crippen LogP contribution in [0, 0.1) is 0 Å². The summed E-state index contributed by atoms with van der Waals surface area (Å²) in [7, 11) is 0. The predicted octanol–water partition coefficient (Wildman–Crippen LogP) is 2.51. The quantitative estimate of drug-likeness (QED) is 0.809. The number of ether oxygens (including phenoxy) is 1. The van der Waals surface area contributed by atoms with Crippen LogP contribution in [-0.2, 0) is 11.3 Å².